The molecular weight excluding hydrogens is 757 g/mol. The van der Waals surface area contributed by atoms with Gasteiger partial charge in [-0.1, -0.05) is 266 Å². The molecule has 0 aliphatic rings. The molecule has 0 fully saturated rings. The van der Waals surface area contributed by atoms with Crippen molar-refractivity contribution in [3.63, 3.8) is 0 Å². The van der Waals surface area contributed by atoms with E-state index in [-0.39, 0.29) is 31.1 Å². The van der Waals surface area contributed by atoms with Crippen LogP contribution in [0.5, 0.6) is 0 Å². The fourth-order valence-corrected chi connectivity index (χ4v) is 8.34. The van der Waals surface area contributed by atoms with Crippen LogP contribution in [0.3, 0.4) is 0 Å². The first-order chi connectivity index (χ1) is 29.7. The SMILES string of the molecule is CCCCCCCCCCCCCC(=O)OC[C@@H](COC(=O)CCCCCCCCCCCCCC(C)C)OC(=O)CCCCCCCCCCCCCCCCCC(C)C. The van der Waals surface area contributed by atoms with Gasteiger partial charge in [0.1, 0.15) is 13.2 Å². The normalized spacial score (nSPS) is 12.0. The van der Waals surface area contributed by atoms with Crippen LogP contribution in [0.1, 0.15) is 304 Å². The molecule has 0 aliphatic heterocycles. The van der Waals surface area contributed by atoms with Crippen molar-refractivity contribution in [2.45, 2.75) is 310 Å². The minimum atomic E-state index is -0.761. The molecule has 0 saturated carbocycles. The van der Waals surface area contributed by atoms with Crippen molar-refractivity contribution in [3.8, 4) is 0 Å². The molecule has 0 radical (unpaired) electrons. The van der Waals surface area contributed by atoms with E-state index < -0.39 is 6.10 Å². The highest BCUT2D eigenvalue weighted by molar-refractivity contribution is 5.71. The summed E-state index contributed by atoms with van der Waals surface area (Å²) in [5.41, 5.74) is 0. The van der Waals surface area contributed by atoms with E-state index in [2.05, 4.69) is 34.6 Å². The van der Waals surface area contributed by atoms with Gasteiger partial charge in [-0.05, 0) is 31.1 Å². The number of hydrogen-bond donors (Lipinski definition) is 0. The summed E-state index contributed by atoms with van der Waals surface area (Å²) >= 11 is 0. The van der Waals surface area contributed by atoms with E-state index in [1.807, 2.05) is 0 Å². The smallest absolute Gasteiger partial charge is 0.306 e. The summed E-state index contributed by atoms with van der Waals surface area (Å²) < 4.78 is 16.8. The average Bonchev–Trinajstić information content (AvgIpc) is 3.23. The second-order valence-corrected chi connectivity index (χ2v) is 19.8. The number of esters is 3. The zero-order valence-electron chi connectivity index (χ0n) is 41.8. The van der Waals surface area contributed by atoms with Crippen LogP contribution in [0.4, 0.5) is 0 Å². The quantitative estimate of drug-likeness (QED) is 0.0344. The molecule has 0 aromatic rings. The molecule has 1 atom stereocenters. The van der Waals surface area contributed by atoms with Crippen molar-refractivity contribution >= 4 is 17.9 Å². The van der Waals surface area contributed by atoms with Gasteiger partial charge in [0, 0.05) is 19.3 Å². The number of hydrogen-bond acceptors (Lipinski definition) is 6. The predicted molar refractivity (Wildman–Crippen MR) is 261 cm³/mol. The molecule has 0 aliphatic carbocycles. The van der Waals surface area contributed by atoms with E-state index in [9.17, 15) is 14.4 Å². The Morgan fingerprint density at radius 1 is 0.311 bits per heavy atom. The Morgan fingerprint density at radius 3 is 0.803 bits per heavy atom. The monoisotopic (exact) mass is 863 g/mol. The van der Waals surface area contributed by atoms with Crippen LogP contribution >= 0.6 is 0 Å². The van der Waals surface area contributed by atoms with Gasteiger partial charge in [0.15, 0.2) is 6.10 Å². The maximum absolute atomic E-state index is 12.8. The lowest BCUT2D eigenvalue weighted by Crippen LogP contribution is -2.30. The number of unbranched alkanes of at least 4 members (excludes halogenated alkanes) is 34. The molecule has 0 rings (SSSR count). The van der Waals surface area contributed by atoms with E-state index in [1.54, 1.807) is 0 Å². The van der Waals surface area contributed by atoms with E-state index >= 15 is 0 Å². The third kappa shape index (κ3) is 49.3. The van der Waals surface area contributed by atoms with Gasteiger partial charge in [-0.2, -0.15) is 0 Å². The fraction of sp³-hybridized carbons (Fsp3) is 0.945. The fourth-order valence-electron chi connectivity index (χ4n) is 8.34. The lowest BCUT2D eigenvalue weighted by molar-refractivity contribution is -0.167. The van der Waals surface area contributed by atoms with Crippen molar-refractivity contribution in [2.75, 3.05) is 13.2 Å². The van der Waals surface area contributed by atoms with E-state index in [4.69, 9.17) is 14.2 Å². The topological polar surface area (TPSA) is 78.9 Å². The van der Waals surface area contributed by atoms with E-state index in [1.165, 1.54) is 193 Å². The molecular formula is C55H106O6. The maximum Gasteiger partial charge on any atom is 0.306 e. The van der Waals surface area contributed by atoms with Gasteiger partial charge in [-0.15, -0.1) is 0 Å². The van der Waals surface area contributed by atoms with Crippen molar-refractivity contribution in [1.82, 2.24) is 0 Å². The molecule has 362 valence electrons. The Labute approximate surface area is 380 Å². The summed E-state index contributed by atoms with van der Waals surface area (Å²) in [6.07, 6.45) is 49.5. The summed E-state index contributed by atoms with van der Waals surface area (Å²) in [6.45, 7) is 11.4. The van der Waals surface area contributed by atoms with Crippen LogP contribution < -0.4 is 0 Å². The predicted octanol–water partition coefficient (Wildman–Crippen LogP) is 17.7. The number of rotatable bonds is 49. The third-order valence-corrected chi connectivity index (χ3v) is 12.5. The van der Waals surface area contributed by atoms with Gasteiger partial charge in [-0.3, -0.25) is 14.4 Å². The first-order valence-corrected chi connectivity index (χ1v) is 27.2. The second kappa shape index (κ2) is 47.9. The van der Waals surface area contributed by atoms with Gasteiger partial charge in [0.05, 0.1) is 0 Å². The molecule has 0 bridgehead atoms. The molecule has 6 heteroatoms. The molecule has 0 N–H and O–H groups in total. The van der Waals surface area contributed by atoms with Crippen LogP contribution in [-0.4, -0.2) is 37.2 Å². The summed E-state index contributed by atoms with van der Waals surface area (Å²) in [5, 5.41) is 0. The molecule has 0 unspecified atom stereocenters. The van der Waals surface area contributed by atoms with Crippen LogP contribution in [0.25, 0.3) is 0 Å². The van der Waals surface area contributed by atoms with E-state index in [0.717, 1.165) is 69.6 Å². The highest BCUT2D eigenvalue weighted by Crippen LogP contribution is 2.18. The maximum atomic E-state index is 12.8. The zero-order valence-corrected chi connectivity index (χ0v) is 41.8. The molecule has 61 heavy (non-hydrogen) atoms. The van der Waals surface area contributed by atoms with Crippen LogP contribution in [0.15, 0.2) is 0 Å². The molecule has 0 heterocycles. The summed E-state index contributed by atoms with van der Waals surface area (Å²) in [7, 11) is 0. The Bertz CT molecular complexity index is 931. The lowest BCUT2D eigenvalue weighted by atomic mass is 10.0. The van der Waals surface area contributed by atoms with Gasteiger partial charge >= 0.3 is 17.9 Å². The Balaban J connectivity index is 4.28. The lowest BCUT2D eigenvalue weighted by Gasteiger charge is -2.18. The van der Waals surface area contributed by atoms with Crippen molar-refractivity contribution in [2.24, 2.45) is 11.8 Å². The summed E-state index contributed by atoms with van der Waals surface area (Å²) in [4.78, 5) is 38.0. The molecule has 0 aromatic carbocycles. The van der Waals surface area contributed by atoms with Crippen LogP contribution in [-0.2, 0) is 28.6 Å². The second-order valence-electron chi connectivity index (χ2n) is 19.8. The van der Waals surface area contributed by atoms with E-state index in [0.29, 0.717) is 19.3 Å². The van der Waals surface area contributed by atoms with Gasteiger partial charge in [0.2, 0.25) is 0 Å². The molecule has 0 aromatic heterocycles. The largest absolute Gasteiger partial charge is 0.462 e. The Kier molecular flexibility index (Phi) is 46.6. The van der Waals surface area contributed by atoms with Crippen molar-refractivity contribution in [3.05, 3.63) is 0 Å². The Hall–Kier alpha value is -1.59. The van der Waals surface area contributed by atoms with Crippen molar-refractivity contribution < 1.29 is 28.6 Å². The van der Waals surface area contributed by atoms with Crippen LogP contribution in [0.2, 0.25) is 0 Å². The van der Waals surface area contributed by atoms with Gasteiger partial charge in [0.25, 0.3) is 0 Å². The average molecular weight is 863 g/mol. The van der Waals surface area contributed by atoms with Crippen molar-refractivity contribution in [1.29, 1.82) is 0 Å². The number of carbonyl (C=O) groups excluding carboxylic acids is 3. The zero-order chi connectivity index (χ0) is 44.7. The van der Waals surface area contributed by atoms with Crippen LogP contribution in [0, 0.1) is 11.8 Å². The van der Waals surface area contributed by atoms with Gasteiger partial charge < -0.3 is 14.2 Å². The summed E-state index contributed by atoms with van der Waals surface area (Å²) in [5.74, 6) is 0.830. The first kappa shape index (κ1) is 59.4. The minimum Gasteiger partial charge on any atom is -0.462 e. The Morgan fingerprint density at radius 2 is 0.541 bits per heavy atom. The molecule has 6 nitrogen and oxygen atoms in total. The molecule has 0 amide bonds. The number of carbonyl (C=O) groups is 3. The molecule has 0 saturated heterocycles. The minimum absolute atomic E-state index is 0.0632. The molecule has 0 spiro atoms. The van der Waals surface area contributed by atoms with Gasteiger partial charge in [-0.25, -0.2) is 0 Å². The summed E-state index contributed by atoms with van der Waals surface area (Å²) in [6, 6.07) is 0. The number of ether oxygens (including phenoxy) is 3. The standard InChI is InChI=1S/C55H106O6/c1-6-7-8-9-10-11-18-25-30-35-40-45-53(56)59-48-52(49-60-54(57)46-41-36-31-26-22-17-20-24-29-34-39-44-51(4)5)61-55(58)47-42-37-32-27-21-16-14-12-13-15-19-23-28-33-38-43-50(2)3/h50-52H,6-49H2,1-5H3/t52-/m0/s1. The highest BCUT2D eigenvalue weighted by Gasteiger charge is 2.19. The first-order valence-electron chi connectivity index (χ1n) is 27.2. The third-order valence-electron chi connectivity index (χ3n) is 12.5. The highest BCUT2D eigenvalue weighted by atomic mass is 16.6.